The van der Waals surface area contributed by atoms with Crippen LogP contribution in [0.3, 0.4) is 0 Å². The molecule has 2 aromatic rings. The van der Waals surface area contributed by atoms with Gasteiger partial charge >= 0.3 is 0 Å². The highest BCUT2D eigenvalue weighted by molar-refractivity contribution is 7.21. The summed E-state index contributed by atoms with van der Waals surface area (Å²) in [5, 5.41) is 10.0. The fraction of sp³-hybridized carbons (Fsp3) is 0.400. The summed E-state index contributed by atoms with van der Waals surface area (Å²) in [5.41, 5.74) is 1.31. The zero-order valence-corrected chi connectivity index (χ0v) is 11.1. The second kappa shape index (κ2) is 4.20. The first kappa shape index (κ1) is 11.0. The molecule has 15 heavy (non-hydrogen) atoms. The van der Waals surface area contributed by atoms with E-state index in [9.17, 15) is 0 Å². The van der Waals surface area contributed by atoms with E-state index in [-0.39, 0.29) is 5.38 Å². The Balaban J connectivity index is 2.37. The minimum absolute atomic E-state index is 0.0570. The normalized spacial score (nSPS) is 13.1. The van der Waals surface area contributed by atoms with Crippen LogP contribution in [0.15, 0.2) is 6.07 Å². The Bertz CT molecular complexity index is 454. The quantitative estimate of drug-likeness (QED) is 0.755. The third kappa shape index (κ3) is 2.22. The molecule has 2 heterocycles. The number of aryl methyl sites for hydroxylation is 2. The number of nitrogens with zero attached hydrogens (tertiary/aromatic N) is 2. The molecular formula is C10H11ClN2S2. The number of halogens is 1. The summed E-state index contributed by atoms with van der Waals surface area (Å²) in [6.45, 7) is 6.15. The Morgan fingerprint density at radius 3 is 2.47 bits per heavy atom. The first-order valence-electron chi connectivity index (χ1n) is 4.63. The average Bonchev–Trinajstić information content (AvgIpc) is 2.74. The van der Waals surface area contributed by atoms with Crippen LogP contribution in [0.1, 0.15) is 27.7 Å². The lowest BCUT2D eigenvalue weighted by molar-refractivity contribution is 0.963. The lowest BCUT2D eigenvalue weighted by Crippen LogP contribution is -1.80. The molecule has 1 atom stereocenters. The molecule has 0 fully saturated rings. The van der Waals surface area contributed by atoms with Gasteiger partial charge < -0.3 is 0 Å². The molecule has 0 bridgehead atoms. The van der Waals surface area contributed by atoms with E-state index in [0.717, 1.165) is 10.0 Å². The molecule has 0 radical (unpaired) electrons. The van der Waals surface area contributed by atoms with Crippen LogP contribution in [-0.4, -0.2) is 10.2 Å². The lowest BCUT2D eigenvalue weighted by Gasteiger charge is -1.90. The van der Waals surface area contributed by atoms with Crippen LogP contribution in [0.25, 0.3) is 9.88 Å². The van der Waals surface area contributed by atoms with E-state index < -0.39 is 0 Å². The maximum atomic E-state index is 5.95. The van der Waals surface area contributed by atoms with Gasteiger partial charge in [-0.15, -0.1) is 33.1 Å². The predicted molar refractivity (Wildman–Crippen MR) is 67.0 cm³/mol. The fourth-order valence-corrected chi connectivity index (χ4v) is 3.20. The summed E-state index contributed by atoms with van der Waals surface area (Å²) in [5.74, 6) is 0. The van der Waals surface area contributed by atoms with Gasteiger partial charge in [-0.1, -0.05) is 11.3 Å². The van der Waals surface area contributed by atoms with Crippen LogP contribution in [0.4, 0.5) is 0 Å². The van der Waals surface area contributed by atoms with Gasteiger partial charge in [-0.25, -0.2) is 0 Å². The van der Waals surface area contributed by atoms with Gasteiger partial charge in [0.15, 0.2) is 5.01 Å². The van der Waals surface area contributed by atoms with Crippen molar-refractivity contribution < 1.29 is 0 Å². The molecule has 1 unspecified atom stereocenters. The molecule has 0 aromatic carbocycles. The van der Waals surface area contributed by atoms with Crippen molar-refractivity contribution in [2.75, 3.05) is 0 Å². The Morgan fingerprint density at radius 2 is 2.00 bits per heavy atom. The average molecular weight is 259 g/mol. The molecule has 0 spiro atoms. The van der Waals surface area contributed by atoms with Crippen molar-refractivity contribution >= 4 is 34.3 Å². The van der Waals surface area contributed by atoms with Crippen molar-refractivity contribution in [1.82, 2.24) is 10.2 Å². The van der Waals surface area contributed by atoms with Gasteiger partial charge in [-0.05, 0) is 32.4 Å². The van der Waals surface area contributed by atoms with Crippen LogP contribution in [0, 0.1) is 13.8 Å². The Morgan fingerprint density at radius 1 is 1.27 bits per heavy atom. The van der Waals surface area contributed by atoms with Gasteiger partial charge in [-0.2, -0.15) is 0 Å². The zero-order chi connectivity index (χ0) is 11.0. The van der Waals surface area contributed by atoms with Crippen LogP contribution >= 0.6 is 34.3 Å². The van der Waals surface area contributed by atoms with Crippen LogP contribution in [0.2, 0.25) is 0 Å². The lowest BCUT2D eigenvalue weighted by atomic mass is 10.3. The predicted octanol–water partition coefficient (Wildman–Crippen LogP) is 4.18. The maximum Gasteiger partial charge on any atom is 0.157 e. The summed E-state index contributed by atoms with van der Waals surface area (Å²) in [4.78, 5) is 2.52. The standard InChI is InChI=1S/C10H11ClN2S2/c1-5-4-8(14-7(5)3)10-13-12-9(15-10)6(2)11/h4,6H,1-3H3. The third-order valence-electron chi connectivity index (χ3n) is 2.16. The van der Waals surface area contributed by atoms with E-state index in [1.807, 2.05) is 6.92 Å². The first-order valence-corrected chi connectivity index (χ1v) is 6.69. The van der Waals surface area contributed by atoms with Crippen molar-refractivity contribution in [3.05, 3.63) is 21.5 Å². The van der Waals surface area contributed by atoms with E-state index >= 15 is 0 Å². The highest BCUT2D eigenvalue weighted by atomic mass is 35.5. The van der Waals surface area contributed by atoms with E-state index in [4.69, 9.17) is 11.6 Å². The summed E-state index contributed by atoms with van der Waals surface area (Å²) >= 11 is 9.28. The van der Waals surface area contributed by atoms with Crippen molar-refractivity contribution in [2.45, 2.75) is 26.1 Å². The Hall–Kier alpha value is -0.450. The molecule has 0 amide bonds. The van der Waals surface area contributed by atoms with E-state index in [1.165, 1.54) is 15.3 Å². The molecule has 5 heteroatoms. The minimum Gasteiger partial charge on any atom is -0.142 e. The number of hydrogen-bond acceptors (Lipinski definition) is 4. The molecule has 2 nitrogen and oxygen atoms in total. The largest absolute Gasteiger partial charge is 0.157 e. The van der Waals surface area contributed by atoms with E-state index in [2.05, 4.69) is 30.1 Å². The molecule has 2 rings (SSSR count). The first-order chi connectivity index (χ1) is 7.08. The molecule has 0 aliphatic rings. The number of thiophene rings is 1. The molecule has 0 N–H and O–H groups in total. The molecule has 0 aliphatic carbocycles. The van der Waals surface area contributed by atoms with Crippen molar-refractivity contribution in [3.63, 3.8) is 0 Å². The molecular weight excluding hydrogens is 248 g/mol. The van der Waals surface area contributed by atoms with Crippen LogP contribution in [-0.2, 0) is 0 Å². The number of aromatic nitrogens is 2. The van der Waals surface area contributed by atoms with E-state index in [0.29, 0.717) is 0 Å². The number of alkyl halides is 1. The summed E-state index contributed by atoms with van der Waals surface area (Å²) in [6, 6.07) is 2.16. The summed E-state index contributed by atoms with van der Waals surface area (Å²) in [6.07, 6.45) is 0. The SMILES string of the molecule is Cc1cc(-c2nnc(C(C)Cl)s2)sc1C. The van der Waals surface area contributed by atoms with Crippen molar-refractivity contribution in [1.29, 1.82) is 0 Å². The van der Waals surface area contributed by atoms with Gasteiger partial charge in [0.2, 0.25) is 0 Å². The number of hydrogen-bond donors (Lipinski definition) is 0. The van der Waals surface area contributed by atoms with Gasteiger partial charge in [0.1, 0.15) is 5.01 Å². The highest BCUT2D eigenvalue weighted by Crippen LogP contribution is 2.34. The molecule has 80 valence electrons. The smallest absolute Gasteiger partial charge is 0.142 e. The molecule has 0 saturated carbocycles. The summed E-state index contributed by atoms with van der Waals surface area (Å²) in [7, 11) is 0. The monoisotopic (exact) mass is 258 g/mol. The highest BCUT2D eigenvalue weighted by Gasteiger charge is 2.12. The third-order valence-corrected chi connectivity index (χ3v) is 4.92. The Labute approximate surface area is 102 Å². The molecule has 0 saturated heterocycles. The molecule has 2 aromatic heterocycles. The van der Waals surface area contributed by atoms with Gasteiger partial charge in [0.05, 0.1) is 10.3 Å². The van der Waals surface area contributed by atoms with Gasteiger partial charge in [0.25, 0.3) is 0 Å². The van der Waals surface area contributed by atoms with Crippen LogP contribution in [0.5, 0.6) is 0 Å². The van der Waals surface area contributed by atoms with E-state index in [1.54, 1.807) is 22.7 Å². The second-order valence-corrected chi connectivity index (χ2v) is 6.33. The zero-order valence-electron chi connectivity index (χ0n) is 8.74. The minimum atomic E-state index is -0.0570. The fourth-order valence-electron chi connectivity index (χ4n) is 1.17. The van der Waals surface area contributed by atoms with Crippen LogP contribution < -0.4 is 0 Å². The van der Waals surface area contributed by atoms with Crippen molar-refractivity contribution in [3.8, 4) is 9.88 Å². The topological polar surface area (TPSA) is 25.8 Å². The van der Waals surface area contributed by atoms with Gasteiger partial charge in [0, 0.05) is 4.88 Å². The summed E-state index contributed by atoms with van der Waals surface area (Å²) < 4.78 is 0. The maximum absolute atomic E-state index is 5.95. The van der Waals surface area contributed by atoms with Crippen molar-refractivity contribution in [2.24, 2.45) is 0 Å². The Kier molecular flexibility index (Phi) is 3.09. The second-order valence-electron chi connectivity index (χ2n) is 3.41. The number of rotatable bonds is 2. The molecule has 0 aliphatic heterocycles. The van der Waals surface area contributed by atoms with Gasteiger partial charge in [-0.3, -0.25) is 0 Å².